The van der Waals surface area contributed by atoms with Crippen LogP contribution in [0.3, 0.4) is 0 Å². The predicted octanol–water partition coefficient (Wildman–Crippen LogP) is 3.71. The first-order valence-corrected chi connectivity index (χ1v) is 8.35. The summed E-state index contributed by atoms with van der Waals surface area (Å²) in [6, 6.07) is 11.8. The van der Waals surface area contributed by atoms with Crippen molar-refractivity contribution < 1.29 is 14.3 Å². The molecule has 0 spiro atoms. The van der Waals surface area contributed by atoms with Crippen LogP contribution in [-0.2, 0) is 4.79 Å². The number of hydrazine groups is 1. The second kappa shape index (κ2) is 8.33. The summed E-state index contributed by atoms with van der Waals surface area (Å²) in [6.07, 6.45) is 0. The highest BCUT2D eigenvalue weighted by molar-refractivity contribution is 9.11. The lowest BCUT2D eigenvalue weighted by Gasteiger charge is -2.10. The van der Waals surface area contributed by atoms with Crippen molar-refractivity contribution in [3.8, 4) is 5.75 Å². The molecule has 0 bridgehead atoms. The molecule has 2 aromatic carbocycles. The molecule has 0 aromatic heterocycles. The van der Waals surface area contributed by atoms with Gasteiger partial charge in [0.05, 0.1) is 15.1 Å². The maximum Gasteiger partial charge on any atom is 0.276 e. The lowest BCUT2D eigenvalue weighted by molar-refractivity contribution is -0.123. The van der Waals surface area contributed by atoms with E-state index in [9.17, 15) is 9.59 Å². The van der Waals surface area contributed by atoms with E-state index >= 15 is 0 Å². The van der Waals surface area contributed by atoms with Gasteiger partial charge in [-0.25, -0.2) is 0 Å². The molecule has 23 heavy (non-hydrogen) atoms. The topological polar surface area (TPSA) is 67.4 Å². The Labute approximate surface area is 154 Å². The molecular formula is C15H11Br2ClN2O3. The average Bonchev–Trinajstić information content (AvgIpc) is 2.52. The first-order chi connectivity index (χ1) is 11.0. The fourth-order valence-corrected chi connectivity index (χ4v) is 2.99. The van der Waals surface area contributed by atoms with Gasteiger partial charge in [0.15, 0.2) is 6.61 Å². The molecule has 0 aliphatic rings. The second-order valence-corrected chi connectivity index (χ2v) is 6.52. The molecule has 0 saturated carbocycles. The van der Waals surface area contributed by atoms with Crippen molar-refractivity contribution in [1.82, 2.24) is 10.9 Å². The zero-order valence-corrected chi connectivity index (χ0v) is 15.5. The van der Waals surface area contributed by atoms with Gasteiger partial charge in [0.1, 0.15) is 5.75 Å². The molecule has 120 valence electrons. The van der Waals surface area contributed by atoms with Gasteiger partial charge in [-0.05, 0) is 46.3 Å². The van der Waals surface area contributed by atoms with E-state index in [-0.39, 0.29) is 12.2 Å². The normalized spacial score (nSPS) is 10.0. The highest BCUT2D eigenvalue weighted by Gasteiger charge is 2.11. The third-order valence-electron chi connectivity index (χ3n) is 2.69. The molecule has 2 N–H and O–H groups in total. The van der Waals surface area contributed by atoms with E-state index in [0.29, 0.717) is 15.2 Å². The van der Waals surface area contributed by atoms with Crippen LogP contribution in [0.25, 0.3) is 0 Å². The van der Waals surface area contributed by atoms with E-state index in [1.165, 1.54) is 0 Å². The Bertz CT molecular complexity index is 740. The van der Waals surface area contributed by atoms with E-state index in [0.717, 1.165) is 4.47 Å². The molecule has 0 heterocycles. The molecule has 8 heteroatoms. The summed E-state index contributed by atoms with van der Waals surface area (Å²) in [5, 5.41) is 0.300. The summed E-state index contributed by atoms with van der Waals surface area (Å²) < 4.78 is 6.95. The number of halogens is 3. The molecule has 0 aliphatic heterocycles. The van der Waals surface area contributed by atoms with E-state index in [1.807, 2.05) is 0 Å². The number of carbonyl (C=O) groups excluding carboxylic acids is 2. The van der Waals surface area contributed by atoms with Gasteiger partial charge in [0.2, 0.25) is 0 Å². The van der Waals surface area contributed by atoms with Crippen LogP contribution >= 0.6 is 43.5 Å². The van der Waals surface area contributed by atoms with Crippen LogP contribution in [0.15, 0.2) is 51.4 Å². The van der Waals surface area contributed by atoms with E-state index in [1.54, 1.807) is 42.5 Å². The molecule has 2 aromatic rings. The molecule has 0 saturated heterocycles. The summed E-state index contributed by atoms with van der Waals surface area (Å²) in [5.74, 6) is -0.491. The Morgan fingerprint density at radius 1 is 1.09 bits per heavy atom. The molecule has 2 rings (SSSR count). The maximum absolute atomic E-state index is 11.9. The predicted molar refractivity (Wildman–Crippen MR) is 94.4 cm³/mol. The van der Waals surface area contributed by atoms with Crippen molar-refractivity contribution >= 4 is 55.3 Å². The Morgan fingerprint density at radius 2 is 1.83 bits per heavy atom. The third-order valence-corrected chi connectivity index (χ3v) is 4.13. The fourth-order valence-electron chi connectivity index (χ4n) is 1.61. The molecule has 0 fully saturated rings. The molecule has 0 unspecified atom stereocenters. The van der Waals surface area contributed by atoms with Crippen LogP contribution in [0.1, 0.15) is 10.4 Å². The summed E-state index contributed by atoms with van der Waals surface area (Å²) in [6.45, 7) is -0.247. The number of hydrogen-bond acceptors (Lipinski definition) is 3. The van der Waals surface area contributed by atoms with Crippen molar-refractivity contribution in [3.05, 3.63) is 62.0 Å². The van der Waals surface area contributed by atoms with Gasteiger partial charge in [0.25, 0.3) is 11.8 Å². The van der Waals surface area contributed by atoms with Gasteiger partial charge in [-0.15, -0.1) is 0 Å². The maximum atomic E-state index is 11.9. The van der Waals surface area contributed by atoms with Crippen LogP contribution < -0.4 is 15.6 Å². The molecular weight excluding hydrogens is 451 g/mol. The first kappa shape index (κ1) is 17.8. The van der Waals surface area contributed by atoms with Gasteiger partial charge in [-0.3, -0.25) is 20.4 Å². The van der Waals surface area contributed by atoms with Crippen molar-refractivity contribution in [1.29, 1.82) is 0 Å². The van der Waals surface area contributed by atoms with Gasteiger partial charge in [-0.2, -0.15) is 0 Å². The minimum atomic E-state index is -0.506. The third kappa shape index (κ3) is 5.23. The smallest absolute Gasteiger partial charge is 0.276 e. The van der Waals surface area contributed by atoms with Crippen LogP contribution in [0, 0.1) is 0 Å². The molecule has 0 radical (unpaired) electrons. The van der Waals surface area contributed by atoms with Crippen molar-refractivity contribution in [2.45, 2.75) is 0 Å². The largest absolute Gasteiger partial charge is 0.483 e. The van der Waals surface area contributed by atoms with Crippen LogP contribution in [0.4, 0.5) is 0 Å². The Balaban J connectivity index is 1.83. The number of rotatable bonds is 4. The zero-order chi connectivity index (χ0) is 16.8. The van der Waals surface area contributed by atoms with E-state index in [4.69, 9.17) is 16.3 Å². The number of carbonyl (C=O) groups is 2. The second-order valence-electron chi connectivity index (χ2n) is 4.35. The number of amides is 2. The highest BCUT2D eigenvalue weighted by atomic mass is 79.9. The number of ether oxygens (including phenoxy) is 1. The summed E-state index contributed by atoms with van der Waals surface area (Å²) in [5.41, 5.74) is 4.81. The minimum absolute atomic E-state index is 0.247. The van der Waals surface area contributed by atoms with Crippen LogP contribution in [-0.4, -0.2) is 18.4 Å². The van der Waals surface area contributed by atoms with Crippen molar-refractivity contribution in [3.63, 3.8) is 0 Å². The minimum Gasteiger partial charge on any atom is -0.483 e. The summed E-state index contributed by atoms with van der Waals surface area (Å²) in [7, 11) is 0. The Kier molecular flexibility index (Phi) is 6.44. The highest BCUT2D eigenvalue weighted by Crippen LogP contribution is 2.28. The quantitative estimate of drug-likeness (QED) is 0.681. The fraction of sp³-hybridized carbons (Fsp3) is 0.0667. The van der Waals surface area contributed by atoms with E-state index in [2.05, 4.69) is 42.7 Å². The van der Waals surface area contributed by atoms with Crippen molar-refractivity contribution in [2.75, 3.05) is 6.61 Å². The SMILES string of the molecule is O=C(COc1ccc(Br)cc1Br)NNC(=O)c1ccccc1Cl. The molecule has 0 atom stereocenters. The molecule has 2 amide bonds. The molecule has 5 nitrogen and oxygen atoms in total. The Morgan fingerprint density at radius 3 is 2.52 bits per heavy atom. The monoisotopic (exact) mass is 460 g/mol. The van der Waals surface area contributed by atoms with Crippen LogP contribution in [0.5, 0.6) is 5.75 Å². The van der Waals surface area contributed by atoms with Crippen LogP contribution in [0.2, 0.25) is 5.02 Å². The van der Waals surface area contributed by atoms with Gasteiger partial charge in [-0.1, -0.05) is 39.7 Å². The number of nitrogens with one attached hydrogen (secondary N) is 2. The lowest BCUT2D eigenvalue weighted by atomic mass is 10.2. The summed E-state index contributed by atoms with van der Waals surface area (Å²) in [4.78, 5) is 23.6. The van der Waals surface area contributed by atoms with E-state index < -0.39 is 11.8 Å². The Hall–Kier alpha value is -1.57. The van der Waals surface area contributed by atoms with Gasteiger partial charge in [0, 0.05) is 4.47 Å². The zero-order valence-electron chi connectivity index (χ0n) is 11.6. The van der Waals surface area contributed by atoms with Gasteiger partial charge < -0.3 is 4.74 Å². The number of benzene rings is 2. The first-order valence-electron chi connectivity index (χ1n) is 6.39. The molecule has 0 aliphatic carbocycles. The van der Waals surface area contributed by atoms with Crippen molar-refractivity contribution in [2.24, 2.45) is 0 Å². The number of hydrogen-bond donors (Lipinski definition) is 2. The average molecular weight is 463 g/mol. The van der Waals surface area contributed by atoms with Gasteiger partial charge >= 0.3 is 0 Å². The summed E-state index contributed by atoms with van der Waals surface area (Å²) >= 11 is 12.5. The lowest BCUT2D eigenvalue weighted by Crippen LogP contribution is -2.43. The standard InChI is InChI=1S/C15H11Br2ClN2O3/c16-9-5-6-13(11(17)7-9)23-8-14(21)19-20-15(22)10-3-1-2-4-12(10)18/h1-7H,8H2,(H,19,21)(H,20,22).